The predicted octanol–water partition coefficient (Wildman–Crippen LogP) is 2.32. The van der Waals surface area contributed by atoms with Crippen LogP contribution in [0.4, 0.5) is 0 Å². The zero-order chi connectivity index (χ0) is 15.2. The lowest BCUT2D eigenvalue weighted by Crippen LogP contribution is -2.31. The van der Waals surface area contributed by atoms with E-state index in [2.05, 4.69) is 9.97 Å². The lowest BCUT2D eigenvalue weighted by molar-refractivity contribution is 0.0744. The summed E-state index contributed by atoms with van der Waals surface area (Å²) in [6, 6.07) is 10.9. The normalized spacial score (nSPS) is 9.95. The van der Waals surface area contributed by atoms with E-state index in [0.717, 1.165) is 11.4 Å². The molecule has 0 fully saturated rings. The third kappa shape index (κ3) is 3.63. The first kappa shape index (κ1) is 14.7. The van der Waals surface area contributed by atoms with Gasteiger partial charge in [0.2, 0.25) is 0 Å². The molecule has 0 aromatic carbocycles. The average Bonchev–Trinajstić information content (AvgIpc) is 2.52. The van der Waals surface area contributed by atoms with Gasteiger partial charge in [0.05, 0.1) is 17.8 Å². The number of amides is 1. The molecule has 21 heavy (non-hydrogen) atoms. The van der Waals surface area contributed by atoms with Crippen molar-refractivity contribution in [1.82, 2.24) is 14.9 Å². The summed E-state index contributed by atoms with van der Waals surface area (Å²) >= 11 is 0. The van der Waals surface area contributed by atoms with E-state index < -0.39 is 0 Å². The molecule has 2 aromatic heterocycles. The number of hydrogen-bond donors (Lipinski definition) is 0. The number of pyridine rings is 2. The van der Waals surface area contributed by atoms with E-state index in [1.165, 1.54) is 6.20 Å². The first-order chi connectivity index (χ1) is 10.1. The maximum atomic E-state index is 12.4. The number of rotatable bonds is 4. The topological polar surface area (TPSA) is 69.9 Å². The Labute approximate surface area is 123 Å². The Hall–Kier alpha value is -2.74. The van der Waals surface area contributed by atoms with Gasteiger partial charge >= 0.3 is 0 Å². The van der Waals surface area contributed by atoms with Crippen molar-refractivity contribution in [2.24, 2.45) is 0 Å². The molecular formula is C16H16N4O. The van der Waals surface area contributed by atoms with Gasteiger partial charge in [0.15, 0.2) is 0 Å². The molecule has 0 bridgehead atoms. The van der Waals surface area contributed by atoms with Crippen LogP contribution in [0.15, 0.2) is 36.5 Å². The van der Waals surface area contributed by atoms with Crippen molar-refractivity contribution in [3.8, 4) is 6.07 Å². The van der Waals surface area contributed by atoms with E-state index in [1.807, 2.05) is 38.1 Å². The Morgan fingerprint density at radius 2 is 2.14 bits per heavy atom. The van der Waals surface area contributed by atoms with E-state index in [-0.39, 0.29) is 5.91 Å². The van der Waals surface area contributed by atoms with Gasteiger partial charge in [-0.15, -0.1) is 0 Å². The zero-order valence-electron chi connectivity index (χ0n) is 12.1. The Balaban J connectivity index is 2.16. The summed E-state index contributed by atoms with van der Waals surface area (Å²) in [6.45, 7) is 4.84. The average molecular weight is 280 g/mol. The van der Waals surface area contributed by atoms with Crippen LogP contribution in [0.2, 0.25) is 0 Å². The Kier molecular flexibility index (Phi) is 4.62. The van der Waals surface area contributed by atoms with Gasteiger partial charge in [-0.3, -0.25) is 9.78 Å². The summed E-state index contributed by atoms with van der Waals surface area (Å²) in [5.41, 5.74) is 2.55. The number of carbonyl (C=O) groups is 1. The van der Waals surface area contributed by atoms with Crippen molar-refractivity contribution in [2.75, 3.05) is 6.54 Å². The fourth-order valence-electron chi connectivity index (χ4n) is 1.96. The maximum absolute atomic E-state index is 12.4. The second-order valence-electron chi connectivity index (χ2n) is 4.63. The molecule has 1 amide bonds. The number of hydrogen-bond acceptors (Lipinski definition) is 4. The van der Waals surface area contributed by atoms with Gasteiger partial charge in [-0.1, -0.05) is 6.07 Å². The van der Waals surface area contributed by atoms with Crippen LogP contribution in [-0.2, 0) is 6.54 Å². The van der Waals surface area contributed by atoms with Crippen molar-refractivity contribution < 1.29 is 4.79 Å². The number of aryl methyl sites for hydroxylation is 1. The van der Waals surface area contributed by atoms with Crippen LogP contribution in [0, 0.1) is 18.3 Å². The lowest BCUT2D eigenvalue weighted by Gasteiger charge is -2.20. The van der Waals surface area contributed by atoms with Crippen LogP contribution in [0.5, 0.6) is 0 Å². The van der Waals surface area contributed by atoms with Crippen molar-refractivity contribution in [3.63, 3.8) is 0 Å². The second kappa shape index (κ2) is 6.62. The molecule has 2 heterocycles. The van der Waals surface area contributed by atoms with Crippen LogP contribution in [0.3, 0.4) is 0 Å². The van der Waals surface area contributed by atoms with Gasteiger partial charge in [-0.2, -0.15) is 5.26 Å². The number of carbonyl (C=O) groups excluding carboxylic acids is 1. The largest absolute Gasteiger partial charge is 0.332 e. The standard InChI is InChI=1S/C16H16N4O/c1-3-20(11-14-6-4-5-12(2)19-14)16(21)15-8-7-13(9-17)10-18-15/h4-8,10H,3,11H2,1-2H3. The Bertz CT molecular complexity index is 673. The minimum absolute atomic E-state index is 0.162. The monoisotopic (exact) mass is 280 g/mol. The molecule has 0 unspecified atom stereocenters. The molecule has 2 aromatic rings. The summed E-state index contributed by atoms with van der Waals surface area (Å²) in [6.07, 6.45) is 1.41. The summed E-state index contributed by atoms with van der Waals surface area (Å²) in [7, 11) is 0. The third-order valence-electron chi connectivity index (χ3n) is 3.08. The van der Waals surface area contributed by atoms with Crippen LogP contribution in [-0.4, -0.2) is 27.3 Å². The van der Waals surface area contributed by atoms with E-state index >= 15 is 0 Å². The van der Waals surface area contributed by atoms with E-state index in [1.54, 1.807) is 17.0 Å². The molecule has 0 aliphatic rings. The quantitative estimate of drug-likeness (QED) is 0.861. The smallest absolute Gasteiger partial charge is 0.272 e. The molecule has 0 aliphatic carbocycles. The van der Waals surface area contributed by atoms with Crippen molar-refractivity contribution in [2.45, 2.75) is 20.4 Å². The molecule has 5 nitrogen and oxygen atoms in total. The highest BCUT2D eigenvalue weighted by Gasteiger charge is 2.16. The second-order valence-corrected chi connectivity index (χ2v) is 4.63. The summed E-state index contributed by atoms with van der Waals surface area (Å²) < 4.78 is 0. The maximum Gasteiger partial charge on any atom is 0.272 e. The van der Waals surface area contributed by atoms with E-state index in [9.17, 15) is 4.79 Å². The molecule has 2 rings (SSSR count). The van der Waals surface area contributed by atoms with Gasteiger partial charge in [0.25, 0.3) is 5.91 Å². The number of aromatic nitrogens is 2. The molecule has 0 saturated carbocycles. The van der Waals surface area contributed by atoms with Gasteiger partial charge in [-0.25, -0.2) is 4.98 Å². The molecule has 5 heteroatoms. The first-order valence-corrected chi connectivity index (χ1v) is 6.72. The summed E-state index contributed by atoms with van der Waals surface area (Å²) in [5.74, 6) is -0.162. The van der Waals surface area contributed by atoms with Crippen LogP contribution in [0.25, 0.3) is 0 Å². The van der Waals surface area contributed by atoms with Crippen molar-refractivity contribution in [1.29, 1.82) is 5.26 Å². The van der Waals surface area contributed by atoms with Gasteiger partial charge < -0.3 is 4.90 Å². The number of nitrogens with zero attached hydrogens (tertiary/aromatic N) is 4. The van der Waals surface area contributed by atoms with Gasteiger partial charge in [-0.05, 0) is 38.1 Å². The Morgan fingerprint density at radius 1 is 1.33 bits per heavy atom. The highest BCUT2D eigenvalue weighted by atomic mass is 16.2. The molecule has 0 radical (unpaired) electrons. The van der Waals surface area contributed by atoms with Crippen LogP contribution >= 0.6 is 0 Å². The molecule has 0 aliphatic heterocycles. The SMILES string of the molecule is CCN(Cc1cccc(C)n1)C(=O)c1ccc(C#N)cn1. The fraction of sp³-hybridized carbons (Fsp3) is 0.250. The number of nitriles is 1. The molecule has 0 N–H and O–H groups in total. The molecule has 0 atom stereocenters. The summed E-state index contributed by atoms with van der Waals surface area (Å²) in [4.78, 5) is 22.5. The minimum atomic E-state index is -0.162. The zero-order valence-corrected chi connectivity index (χ0v) is 12.1. The Morgan fingerprint density at radius 3 is 2.71 bits per heavy atom. The predicted molar refractivity (Wildman–Crippen MR) is 78.3 cm³/mol. The fourth-order valence-corrected chi connectivity index (χ4v) is 1.96. The highest BCUT2D eigenvalue weighted by Crippen LogP contribution is 2.08. The molecular weight excluding hydrogens is 264 g/mol. The molecule has 0 spiro atoms. The van der Waals surface area contributed by atoms with Gasteiger partial charge in [0, 0.05) is 18.4 Å². The van der Waals surface area contributed by atoms with Crippen LogP contribution < -0.4 is 0 Å². The van der Waals surface area contributed by atoms with Gasteiger partial charge in [0.1, 0.15) is 11.8 Å². The third-order valence-corrected chi connectivity index (χ3v) is 3.08. The summed E-state index contributed by atoms with van der Waals surface area (Å²) in [5, 5.41) is 8.75. The van der Waals surface area contributed by atoms with E-state index in [0.29, 0.717) is 24.3 Å². The lowest BCUT2D eigenvalue weighted by atomic mass is 10.2. The molecule has 0 saturated heterocycles. The van der Waals surface area contributed by atoms with Crippen LogP contribution in [0.1, 0.15) is 34.4 Å². The highest BCUT2D eigenvalue weighted by molar-refractivity contribution is 5.92. The first-order valence-electron chi connectivity index (χ1n) is 6.72. The van der Waals surface area contributed by atoms with Crippen molar-refractivity contribution in [3.05, 3.63) is 59.2 Å². The van der Waals surface area contributed by atoms with Crippen molar-refractivity contribution >= 4 is 5.91 Å². The van der Waals surface area contributed by atoms with E-state index in [4.69, 9.17) is 5.26 Å². The minimum Gasteiger partial charge on any atom is -0.332 e. The molecule has 106 valence electrons.